The van der Waals surface area contributed by atoms with Crippen LogP contribution in [0.1, 0.15) is 45.4 Å². The van der Waals surface area contributed by atoms with Crippen molar-refractivity contribution < 1.29 is 9.59 Å². The predicted octanol–water partition coefficient (Wildman–Crippen LogP) is 3.61. The number of aromatic nitrogens is 2. The smallest absolute Gasteiger partial charge is 0.268 e. The number of ketones is 1. The Morgan fingerprint density at radius 3 is 2.64 bits per heavy atom. The first-order valence-electron chi connectivity index (χ1n) is 8.51. The molecule has 0 saturated heterocycles. The van der Waals surface area contributed by atoms with Gasteiger partial charge in [-0.3, -0.25) is 9.59 Å². The average molecular weight is 337 g/mol. The molecule has 0 atom stereocenters. The van der Waals surface area contributed by atoms with Gasteiger partial charge in [0.2, 0.25) is 0 Å². The summed E-state index contributed by atoms with van der Waals surface area (Å²) < 4.78 is 2.19. The quantitative estimate of drug-likeness (QED) is 0.533. The maximum atomic E-state index is 12.4. The molecule has 1 amide bonds. The summed E-state index contributed by atoms with van der Waals surface area (Å²) in [6, 6.07) is 10.4. The third kappa shape index (κ3) is 3.36. The number of amides is 1. The highest BCUT2D eigenvalue weighted by molar-refractivity contribution is 6.02. The summed E-state index contributed by atoms with van der Waals surface area (Å²) in [7, 11) is 0. The minimum absolute atomic E-state index is 0.0233. The van der Waals surface area contributed by atoms with E-state index in [2.05, 4.69) is 39.3 Å². The molecule has 0 spiro atoms. The van der Waals surface area contributed by atoms with Crippen molar-refractivity contribution >= 4 is 22.6 Å². The maximum absolute atomic E-state index is 12.4. The second-order valence-electron chi connectivity index (χ2n) is 6.36. The van der Waals surface area contributed by atoms with Gasteiger partial charge in [0.25, 0.3) is 5.91 Å². The van der Waals surface area contributed by atoms with Crippen LogP contribution in [0.5, 0.6) is 0 Å². The summed E-state index contributed by atoms with van der Waals surface area (Å²) in [5.41, 5.74) is 3.77. The highest BCUT2D eigenvalue weighted by Crippen LogP contribution is 2.18. The van der Waals surface area contributed by atoms with Crippen LogP contribution in [0.15, 0.2) is 36.5 Å². The van der Waals surface area contributed by atoms with E-state index in [0.29, 0.717) is 17.8 Å². The van der Waals surface area contributed by atoms with Gasteiger partial charge >= 0.3 is 0 Å². The molecule has 2 aromatic heterocycles. The van der Waals surface area contributed by atoms with Crippen LogP contribution in [0.25, 0.3) is 10.9 Å². The minimum Gasteiger partial charge on any atom is -0.354 e. The van der Waals surface area contributed by atoms with Crippen LogP contribution in [0.2, 0.25) is 0 Å². The van der Waals surface area contributed by atoms with Crippen molar-refractivity contribution in [2.75, 3.05) is 6.54 Å². The van der Waals surface area contributed by atoms with Crippen molar-refractivity contribution in [3.8, 4) is 0 Å². The average Bonchev–Trinajstić information content (AvgIpc) is 3.12. The zero-order valence-electron chi connectivity index (χ0n) is 14.8. The standard InChI is InChI=1S/C20H23N3O2/c1-13-18(15(3)24)14(2)22-19(13)20(25)21-10-6-11-23-12-9-16-7-4-5-8-17(16)23/h4-5,7-9,12,22H,6,10-11H2,1-3H3,(H,21,25). The SMILES string of the molecule is CC(=O)c1c(C)[nH]c(C(=O)NCCCn2ccc3ccccc32)c1C. The molecule has 0 radical (unpaired) electrons. The monoisotopic (exact) mass is 337 g/mol. The molecule has 2 heterocycles. The van der Waals surface area contributed by atoms with E-state index in [0.717, 1.165) is 24.2 Å². The highest BCUT2D eigenvalue weighted by Gasteiger charge is 2.19. The molecule has 5 heteroatoms. The lowest BCUT2D eigenvalue weighted by molar-refractivity contribution is 0.0947. The summed E-state index contributed by atoms with van der Waals surface area (Å²) in [5.74, 6) is -0.185. The number of H-pyrrole nitrogens is 1. The van der Waals surface area contributed by atoms with Crippen molar-refractivity contribution in [1.29, 1.82) is 0 Å². The number of carbonyl (C=O) groups excluding carboxylic acids is 2. The Kier molecular flexibility index (Phi) is 4.74. The molecule has 0 fully saturated rings. The third-order valence-electron chi connectivity index (χ3n) is 4.56. The fourth-order valence-corrected chi connectivity index (χ4v) is 3.38. The molecule has 0 aliphatic heterocycles. The van der Waals surface area contributed by atoms with Gasteiger partial charge in [-0.2, -0.15) is 0 Å². The lowest BCUT2D eigenvalue weighted by Crippen LogP contribution is -2.26. The van der Waals surface area contributed by atoms with Crippen molar-refractivity contribution in [3.05, 3.63) is 59.0 Å². The number of aromatic amines is 1. The molecule has 0 unspecified atom stereocenters. The minimum atomic E-state index is -0.162. The zero-order valence-corrected chi connectivity index (χ0v) is 14.8. The number of para-hydroxylation sites is 1. The van der Waals surface area contributed by atoms with Gasteiger partial charge in [0.05, 0.1) is 0 Å². The Labute approximate surface area is 147 Å². The largest absolute Gasteiger partial charge is 0.354 e. The van der Waals surface area contributed by atoms with Gasteiger partial charge in [0.15, 0.2) is 5.78 Å². The summed E-state index contributed by atoms with van der Waals surface area (Å²) in [6.45, 7) is 6.57. The first kappa shape index (κ1) is 17.0. The van der Waals surface area contributed by atoms with Crippen LogP contribution in [0, 0.1) is 13.8 Å². The second-order valence-corrected chi connectivity index (χ2v) is 6.36. The van der Waals surface area contributed by atoms with Crippen LogP contribution < -0.4 is 5.32 Å². The Morgan fingerprint density at radius 2 is 1.92 bits per heavy atom. The van der Waals surface area contributed by atoms with Gasteiger partial charge in [0, 0.05) is 36.1 Å². The molecule has 130 valence electrons. The first-order valence-corrected chi connectivity index (χ1v) is 8.51. The predicted molar refractivity (Wildman–Crippen MR) is 99.2 cm³/mol. The molecule has 0 bridgehead atoms. The number of benzene rings is 1. The number of nitrogens with one attached hydrogen (secondary N) is 2. The maximum Gasteiger partial charge on any atom is 0.268 e. The zero-order chi connectivity index (χ0) is 18.0. The molecule has 0 aliphatic carbocycles. The fraction of sp³-hybridized carbons (Fsp3) is 0.300. The van der Waals surface area contributed by atoms with Crippen LogP contribution >= 0.6 is 0 Å². The van der Waals surface area contributed by atoms with Crippen molar-refractivity contribution in [2.24, 2.45) is 0 Å². The number of rotatable bonds is 6. The number of hydrogen-bond donors (Lipinski definition) is 2. The molecule has 3 aromatic rings. The van der Waals surface area contributed by atoms with Gasteiger partial charge in [-0.25, -0.2) is 0 Å². The van der Waals surface area contributed by atoms with E-state index >= 15 is 0 Å². The summed E-state index contributed by atoms with van der Waals surface area (Å²) in [4.78, 5) is 27.1. The molecule has 5 nitrogen and oxygen atoms in total. The van der Waals surface area contributed by atoms with Gasteiger partial charge in [-0.05, 0) is 50.3 Å². The molecular weight excluding hydrogens is 314 g/mol. The van der Waals surface area contributed by atoms with Crippen LogP contribution in [-0.2, 0) is 6.54 Å². The summed E-state index contributed by atoms with van der Waals surface area (Å²) in [6.07, 6.45) is 2.91. The van der Waals surface area contributed by atoms with E-state index in [1.54, 1.807) is 6.92 Å². The van der Waals surface area contributed by atoms with E-state index in [9.17, 15) is 9.59 Å². The van der Waals surface area contributed by atoms with Crippen molar-refractivity contribution in [3.63, 3.8) is 0 Å². The molecule has 0 aliphatic rings. The number of aryl methyl sites for hydroxylation is 2. The molecule has 0 saturated carbocycles. The van der Waals surface area contributed by atoms with Crippen LogP contribution in [0.4, 0.5) is 0 Å². The van der Waals surface area contributed by atoms with Crippen LogP contribution in [0.3, 0.4) is 0 Å². The first-order chi connectivity index (χ1) is 12.0. The van der Waals surface area contributed by atoms with E-state index in [1.165, 1.54) is 17.8 Å². The lowest BCUT2D eigenvalue weighted by Gasteiger charge is -2.07. The van der Waals surface area contributed by atoms with Crippen molar-refractivity contribution in [2.45, 2.75) is 33.7 Å². The lowest BCUT2D eigenvalue weighted by atomic mass is 10.1. The fourth-order valence-electron chi connectivity index (χ4n) is 3.38. The van der Waals surface area contributed by atoms with Gasteiger partial charge < -0.3 is 14.9 Å². The highest BCUT2D eigenvalue weighted by atomic mass is 16.2. The number of fused-ring (bicyclic) bond motifs is 1. The molecular formula is C20H23N3O2. The van der Waals surface area contributed by atoms with E-state index in [1.807, 2.05) is 19.1 Å². The molecule has 2 N–H and O–H groups in total. The summed E-state index contributed by atoms with van der Waals surface area (Å²) >= 11 is 0. The topological polar surface area (TPSA) is 66.9 Å². The Bertz CT molecular complexity index is 934. The van der Waals surface area contributed by atoms with Gasteiger partial charge in [-0.15, -0.1) is 0 Å². The normalized spacial score (nSPS) is 11.0. The number of hydrogen-bond acceptors (Lipinski definition) is 2. The van der Waals surface area contributed by atoms with E-state index in [-0.39, 0.29) is 11.7 Å². The van der Waals surface area contributed by atoms with Gasteiger partial charge in [0.1, 0.15) is 5.69 Å². The molecule has 1 aromatic carbocycles. The molecule has 25 heavy (non-hydrogen) atoms. The summed E-state index contributed by atoms with van der Waals surface area (Å²) in [5, 5.41) is 4.16. The van der Waals surface area contributed by atoms with Crippen molar-refractivity contribution in [1.82, 2.24) is 14.9 Å². The Balaban J connectivity index is 1.58. The van der Waals surface area contributed by atoms with E-state index in [4.69, 9.17) is 0 Å². The number of carbonyl (C=O) groups is 2. The third-order valence-corrected chi connectivity index (χ3v) is 4.56. The number of Topliss-reactive ketones (excluding diaryl/α,β-unsaturated/α-hetero) is 1. The second kappa shape index (κ2) is 6.97. The Morgan fingerprint density at radius 1 is 1.16 bits per heavy atom. The van der Waals surface area contributed by atoms with Crippen LogP contribution in [-0.4, -0.2) is 27.8 Å². The Hall–Kier alpha value is -2.82. The molecule has 3 rings (SSSR count). The van der Waals surface area contributed by atoms with E-state index < -0.39 is 0 Å². The van der Waals surface area contributed by atoms with Gasteiger partial charge in [-0.1, -0.05) is 18.2 Å². The number of nitrogens with zero attached hydrogens (tertiary/aromatic N) is 1.